The number of aromatic nitrogens is 1. The third-order valence-corrected chi connectivity index (χ3v) is 7.70. The molecule has 2 heterocycles. The summed E-state index contributed by atoms with van der Waals surface area (Å²) in [7, 11) is -3.73. The molecule has 1 fully saturated rings. The molecule has 2 aromatic carbocycles. The van der Waals surface area contributed by atoms with Gasteiger partial charge in [0.2, 0.25) is 21.3 Å². The number of aryl methyl sites for hydroxylation is 1. The van der Waals surface area contributed by atoms with E-state index in [9.17, 15) is 13.2 Å². The van der Waals surface area contributed by atoms with Crippen LogP contribution in [0, 0.1) is 5.92 Å². The third kappa shape index (κ3) is 3.65. The van der Waals surface area contributed by atoms with Crippen LogP contribution in [0.1, 0.15) is 25.3 Å². The Morgan fingerprint density at radius 1 is 1.10 bits per heavy atom. The zero-order valence-corrected chi connectivity index (χ0v) is 17.8. The quantitative estimate of drug-likeness (QED) is 0.681. The number of nitrogens with two attached hydrogens (primary N) is 1. The molecule has 3 N–H and O–H groups in total. The lowest BCUT2D eigenvalue weighted by Gasteiger charge is -2.33. The van der Waals surface area contributed by atoms with Gasteiger partial charge in [-0.15, -0.1) is 0 Å². The van der Waals surface area contributed by atoms with Crippen molar-refractivity contribution in [3.63, 3.8) is 0 Å². The Labute approximate surface area is 176 Å². The van der Waals surface area contributed by atoms with E-state index in [-0.39, 0.29) is 21.6 Å². The summed E-state index contributed by atoms with van der Waals surface area (Å²) in [6.45, 7) is 3.20. The number of H-pyrrole nitrogens is 1. The normalized spacial score (nSPS) is 15.4. The lowest BCUT2D eigenvalue weighted by Crippen LogP contribution is -2.39. The van der Waals surface area contributed by atoms with E-state index in [4.69, 9.17) is 5.73 Å². The van der Waals surface area contributed by atoms with E-state index in [1.807, 2.05) is 43.3 Å². The van der Waals surface area contributed by atoms with Gasteiger partial charge in [-0.25, -0.2) is 13.4 Å². The van der Waals surface area contributed by atoms with Gasteiger partial charge < -0.3 is 10.6 Å². The van der Waals surface area contributed by atoms with Crippen LogP contribution in [0.25, 0.3) is 10.9 Å². The number of carbonyl (C=O) groups is 1. The summed E-state index contributed by atoms with van der Waals surface area (Å²) < 4.78 is 27.2. The van der Waals surface area contributed by atoms with E-state index in [0.717, 1.165) is 22.9 Å². The number of para-hydroxylation sites is 1. The van der Waals surface area contributed by atoms with E-state index in [0.29, 0.717) is 31.6 Å². The summed E-state index contributed by atoms with van der Waals surface area (Å²) in [6.07, 6.45) is 3.67. The predicted octanol–water partition coefficient (Wildman–Crippen LogP) is 2.75. The van der Waals surface area contributed by atoms with Gasteiger partial charge in [0.05, 0.1) is 16.0 Å². The first kappa shape index (κ1) is 20.3. The second kappa shape index (κ2) is 8.07. The van der Waals surface area contributed by atoms with E-state index in [2.05, 4.69) is 9.88 Å². The summed E-state index contributed by atoms with van der Waals surface area (Å²) in [6, 6.07) is 14.7. The van der Waals surface area contributed by atoms with Crippen LogP contribution in [0.3, 0.4) is 0 Å². The number of nitrogens with zero attached hydrogens (tertiary/aromatic N) is 1. The molecule has 0 aliphatic carbocycles. The van der Waals surface area contributed by atoms with Crippen molar-refractivity contribution >= 4 is 32.3 Å². The van der Waals surface area contributed by atoms with Crippen LogP contribution in [-0.4, -0.2) is 27.4 Å². The number of hydrogen-bond acceptors (Lipinski definition) is 4. The van der Waals surface area contributed by atoms with Crippen LogP contribution in [0.2, 0.25) is 0 Å². The Morgan fingerprint density at radius 2 is 1.77 bits per heavy atom. The van der Waals surface area contributed by atoms with E-state index < -0.39 is 9.84 Å². The number of sulfone groups is 1. The third-order valence-electron chi connectivity index (χ3n) is 5.92. The summed E-state index contributed by atoms with van der Waals surface area (Å²) in [5, 5.41) is 0.848. The molecule has 1 amide bonds. The van der Waals surface area contributed by atoms with Crippen LogP contribution < -0.4 is 15.6 Å². The zero-order chi connectivity index (χ0) is 21.3. The maximum Gasteiger partial charge on any atom is 0.220 e. The van der Waals surface area contributed by atoms with Crippen LogP contribution >= 0.6 is 0 Å². The molecule has 7 heteroatoms. The Bertz CT molecular complexity index is 1180. The molecule has 6 nitrogen and oxygen atoms in total. The number of rotatable bonds is 5. The van der Waals surface area contributed by atoms with Crippen LogP contribution in [-0.2, 0) is 21.1 Å². The molecule has 3 aromatic rings. The maximum absolute atomic E-state index is 13.6. The first-order valence-corrected chi connectivity index (χ1v) is 11.7. The highest BCUT2D eigenvalue weighted by atomic mass is 32.2. The number of aromatic amines is 1. The highest BCUT2D eigenvalue weighted by Crippen LogP contribution is 2.36. The number of fused-ring (bicyclic) bond motifs is 1. The smallest absolute Gasteiger partial charge is 0.220 e. The van der Waals surface area contributed by atoms with Gasteiger partial charge in [-0.1, -0.05) is 31.2 Å². The van der Waals surface area contributed by atoms with Crippen molar-refractivity contribution in [2.24, 2.45) is 11.7 Å². The van der Waals surface area contributed by atoms with Gasteiger partial charge in [-0.05, 0) is 43.0 Å². The van der Waals surface area contributed by atoms with Gasteiger partial charge in [-0.3, -0.25) is 4.79 Å². The maximum atomic E-state index is 13.6. The number of piperidine rings is 1. The minimum absolute atomic E-state index is 0.163. The van der Waals surface area contributed by atoms with Crippen LogP contribution in [0.15, 0.2) is 64.5 Å². The number of anilines is 1. The minimum atomic E-state index is -3.73. The summed E-state index contributed by atoms with van der Waals surface area (Å²) in [4.78, 5) is 17.3. The van der Waals surface area contributed by atoms with Crippen molar-refractivity contribution in [2.45, 2.75) is 36.0 Å². The average Bonchev–Trinajstić information content (AvgIpc) is 2.78. The first-order chi connectivity index (χ1) is 14.4. The van der Waals surface area contributed by atoms with Crippen molar-refractivity contribution in [2.75, 3.05) is 18.0 Å². The number of carbonyl (C=O) groups excluding carboxylic acids is 1. The van der Waals surface area contributed by atoms with Crippen molar-refractivity contribution < 1.29 is 18.2 Å². The van der Waals surface area contributed by atoms with Crippen molar-refractivity contribution in [3.8, 4) is 0 Å². The molecular formula is C23H26N3O3S+. The highest BCUT2D eigenvalue weighted by Gasteiger charge is 2.32. The van der Waals surface area contributed by atoms with Gasteiger partial charge >= 0.3 is 0 Å². The molecule has 0 bridgehead atoms. The molecule has 1 aliphatic rings. The fourth-order valence-corrected chi connectivity index (χ4v) is 5.57. The van der Waals surface area contributed by atoms with Crippen LogP contribution in [0.5, 0.6) is 0 Å². The standard InChI is InChI=1S/C23H25N3O3S/c1-2-16-7-9-18(10-8-16)30(28,29)21-15-25-20-6-4-3-5-19(20)22(21)26-13-11-17(12-14-26)23(24)27/h3-10,15,17H,2,11-14H2,1H3,(H2,24,27)/p+1. The topological polar surface area (TPSA) is 94.6 Å². The average molecular weight is 425 g/mol. The number of pyridine rings is 1. The highest BCUT2D eigenvalue weighted by molar-refractivity contribution is 7.91. The zero-order valence-electron chi connectivity index (χ0n) is 17.0. The van der Waals surface area contributed by atoms with Gasteiger partial charge in [0.25, 0.3) is 0 Å². The summed E-state index contributed by atoms with van der Waals surface area (Å²) in [5.74, 6) is -0.450. The molecule has 1 saturated heterocycles. The first-order valence-electron chi connectivity index (χ1n) is 10.2. The number of benzene rings is 2. The molecular weight excluding hydrogens is 398 g/mol. The Balaban J connectivity index is 1.84. The fourth-order valence-electron chi connectivity index (χ4n) is 4.11. The molecule has 0 saturated carbocycles. The van der Waals surface area contributed by atoms with Gasteiger partial charge in [0.15, 0.2) is 11.1 Å². The number of primary amides is 1. The van der Waals surface area contributed by atoms with Gasteiger partial charge in [-0.2, -0.15) is 0 Å². The summed E-state index contributed by atoms with van der Waals surface area (Å²) >= 11 is 0. The number of hydrogen-bond donors (Lipinski definition) is 1. The SMILES string of the molecule is CCc1ccc(S(=O)(=O)c2c[nH+]c3ccccc3c2N2CCC(C(N)=O)CC2)cc1. The molecule has 1 aliphatic heterocycles. The monoisotopic (exact) mass is 424 g/mol. The Morgan fingerprint density at radius 3 is 2.40 bits per heavy atom. The number of amides is 1. The van der Waals surface area contributed by atoms with E-state index in [1.165, 1.54) is 0 Å². The molecule has 0 spiro atoms. The molecule has 0 atom stereocenters. The largest absolute Gasteiger partial charge is 0.370 e. The lowest BCUT2D eigenvalue weighted by molar-refractivity contribution is -0.347. The van der Waals surface area contributed by atoms with E-state index >= 15 is 0 Å². The van der Waals surface area contributed by atoms with Crippen molar-refractivity contribution in [3.05, 3.63) is 60.3 Å². The van der Waals surface area contributed by atoms with Crippen molar-refractivity contribution in [1.82, 2.24) is 0 Å². The Kier molecular flexibility index (Phi) is 5.47. The van der Waals surface area contributed by atoms with Gasteiger partial charge in [0, 0.05) is 25.1 Å². The minimum Gasteiger partial charge on any atom is -0.370 e. The molecule has 0 unspecified atom stereocenters. The molecule has 30 heavy (non-hydrogen) atoms. The van der Waals surface area contributed by atoms with Crippen LogP contribution in [0.4, 0.5) is 5.69 Å². The second-order valence-electron chi connectivity index (χ2n) is 7.71. The summed E-state index contributed by atoms with van der Waals surface area (Å²) in [5.41, 5.74) is 8.13. The predicted molar refractivity (Wildman–Crippen MR) is 116 cm³/mol. The van der Waals surface area contributed by atoms with E-state index in [1.54, 1.807) is 18.3 Å². The molecule has 0 radical (unpaired) electrons. The second-order valence-corrected chi connectivity index (χ2v) is 9.63. The molecule has 4 rings (SSSR count). The fraction of sp³-hybridized carbons (Fsp3) is 0.304. The van der Waals surface area contributed by atoms with Gasteiger partial charge in [0.1, 0.15) is 0 Å². The molecule has 156 valence electrons. The Hall–Kier alpha value is -2.93. The number of nitrogens with one attached hydrogen (secondary N) is 1. The molecule has 1 aromatic heterocycles. The van der Waals surface area contributed by atoms with Crippen molar-refractivity contribution in [1.29, 1.82) is 0 Å². The lowest BCUT2D eigenvalue weighted by atomic mass is 9.95.